The van der Waals surface area contributed by atoms with Gasteiger partial charge in [-0.3, -0.25) is 4.79 Å². The molecule has 0 spiro atoms. The van der Waals surface area contributed by atoms with Crippen molar-refractivity contribution >= 4 is 11.6 Å². The molecule has 1 unspecified atom stereocenters. The third kappa shape index (κ3) is 3.13. The summed E-state index contributed by atoms with van der Waals surface area (Å²) < 4.78 is 10.9. The Kier molecular flexibility index (Phi) is 4.01. The summed E-state index contributed by atoms with van der Waals surface area (Å²) in [6, 6.07) is 3.79. The lowest BCUT2D eigenvalue weighted by Crippen LogP contribution is -2.30. The van der Waals surface area contributed by atoms with E-state index >= 15 is 0 Å². The Hall–Kier alpha value is -1.75. The van der Waals surface area contributed by atoms with Crippen molar-refractivity contribution in [1.29, 1.82) is 0 Å². The molecule has 0 aromatic heterocycles. The molecule has 2 heterocycles. The Bertz CT molecular complexity index is 545. The first kappa shape index (κ1) is 14.2. The first-order valence-corrected chi connectivity index (χ1v) is 7.53. The Balaban J connectivity index is 1.83. The van der Waals surface area contributed by atoms with Gasteiger partial charge in [-0.25, -0.2) is 0 Å². The maximum absolute atomic E-state index is 12.2. The van der Waals surface area contributed by atoms with Gasteiger partial charge in [-0.05, 0) is 30.9 Å². The molecule has 0 radical (unpaired) electrons. The molecular weight excluding hydrogens is 268 g/mol. The molecule has 21 heavy (non-hydrogen) atoms. The number of likely N-dealkylation sites (tertiary alicyclic amines) is 1. The standard InChI is InChI=1S/C16H22N2O3/c1-11-2-3-15(19)18(5-4-11)8-12-6-14(17)7-13-9-20-10-21-16(12)13/h6-7,11H,2-5,8-10,17H2,1H3. The van der Waals surface area contributed by atoms with Gasteiger partial charge < -0.3 is 20.1 Å². The minimum Gasteiger partial charge on any atom is -0.467 e. The van der Waals surface area contributed by atoms with Crippen LogP contribution in [-0.4, -0.2) is 24.1 Å². The van der Waals surface area contributed by atoms with E-state index in [4.69, 9.17) is 15.2 Å². The summed E-state index contributed by atoms with van der Waals surface area (Å²) in [5.74, 6) is 1.67. The molecule has 0 bridgehead atoms. The zero-order valence-corrected chi connectivity index (χ0v) is 12.4. The molecule has 2 N–H and O–H groups in total. The molecule has 5 heteroatoms. The van der Waals surface area contributed by atoms with E-state index in [-0.39, 0.29) is 12.7 Å². The highest BCUT2D eigenvalue weighted by Gasteiger charge is 2.23. The fourth-order valence-electron chi connectivity index (χ4n) is 2.99. The van der Waals surface area contributed by atoms with Crippen LogP contribution in [0.4, 0.5) is 5.69 Å². The number of anilines is 1. The van der Waals surface area contributed by atoms with E-state index < -0.39 is 0 Å². The summed E-state index contributed by atoms with van der Waals surface area (Å²) in [6.07, 6.45) is 2.67. The summed E-state index contributed by atoms with van der Waals surface area (Å²) in [6.45, 7) is 4.35. The van der Waals surface area contributed by atoms with E-state index in [2.05, 4.69) is 6.92 Å². The molecule has 1 amide bonds. The number of hydrogen-bond acceptors (Lipinski definition) is 4. The molecule has 114 valence electrons. The molecule has 5 nitrogen and oxygen atoms in total. The van der Waals surface area contributed by atoms with Gasteiger partial charge in [0.15, 0.2) is 6.79 Å². The van der Waals surface area contributed by atoms with Crippen LogP contribution in [0.1, 0.15) is 37.3 Å². The number of nitrogens with two attached hydrogens (primary N) is 1. The van der Waals surface area contributed by atoms with Crippen molar-refractivity contribution < 1.29 is 14.3 Å². The number of fused-ring (bicyclic) bond motifs is 1. The van der Waals surface area contributed by atoms with Gasteiger partial charge in [-0.2, -0.15) is 0 Å². The summed E-state index contributed by atoms with van der Waals surface area (Å²) in [7, 11) is 0. The van der Waals surface area contributed by atoms with E-state index in [1.165, 1.54) is 0 Å². The Morgan fingerprint density at radius 3 is 3.10 bits per heavy atom. The zero-order valence-electron chi connectivity index (χ0n) is 12.4. The minimum absolute atomic E-state index is 0.225. The van der Waals surface area contributed by atoms with Crippen molar-refractivity contribution in [3.8, 4) is 5.75 Å². The van der Waals surface area contributed by atoms with Crippen LogP contribution < -0.4 is 10.5 Å². The molecule has 1 atom stereocenters. The normalized spacial score (nSPS) is 22.4. The predicted octanol–water partition coefficient (Wildman–Crippen LogP) is 2.28. The topological polar surface area (TPSA) is 64.8 Å². The summed E-state index contributed by atoms with van der Waals surface area (Å²) in [5, 5.41) is 0. The van der Waals surface area contributed by atoms with Crippen LogP contribution in [0, 0.1) is 5.92 Å². The van der Waals surface area contributed by atoms with Crippen molar-refractivity contribution in [2.45, 2.75) is 39.3 Å². The fraction of sp³-hybridized carbons (Fsp3) is 0.562. The number of amides is 1. The quantitative estimate of drug-likeness (QED) is 0.849. The van der Waals surface area contributed by atoms with Crippen molar-refractivity contribution in [2.24, 2.45) is 5.92 Å². The molecule has 1 aromatic carbocycles. The van der Waals surface area contributed by atoms with Crippen molar-refractivity contribution in [3.05, 3.63) is 23.3 Å². The number of benzene rings is 1. The third-order valence-electron chi connectivity index (χ3n) is 4.27. The molecule has 0 saturated carbocycles. The summed E-state index contributed by atoms with van der Waals surface area (Å²) in [4.78, 5) is 14.2. The summed E-state index contributed by atoms with van der Waals surface area (Å²) in [5.41, 5.74) is 8.60. The highest BCUT2D eigenvalue weighted by Crippen LogP contribution is 2.32. The lowest BCUT2D eigenvalue weighted by molar-refractivity contribution is -0.131. The van der Waals surface area contributed by atoms with Gasteiger partial charge >= 0.3 is 0 Å². The average Bonchev–Trinajstić information content (AvgIpc) is 2.62. The molecular formula is C16H22N2O3. The van der Waals surface area contributed by atoms with Crippen LogP contribution in [0.3, 0.4) is 0 Å². The monoisotopic (exact) mass is 290 g/mol. The van der Waals surface area contributed by atoms with E-state index in [0.29, 0.717) is 31.2 Å². The number of hydrogen-bond donors (Lipinski definition) is 1. The van der Waals surface area contributed by atoms with Crippen molar-refractivity contribution in [1.82, 2.24) is 4.90 Å². The maximum atomic E-state index is 12.2. The minimum atomic E-state index is 0.225. The molecule has 2 aliphatic heterocycles. The van der Waals surface area contributed by atoms with Gasteiger partial charge in [0.25, 0.3) is 0 Å². The van der Waals surface area contributed by atoms with Gasteiger partial charge in [0.05, 0.1) is 6.61 Å². The Labute approximate surface area is 125 Å². The second-order valence-electron chi connectivity index (χ2n) is 6.03. The van der Waals surface area contributed by atoms with Crippen LogP contribution in [0.5, 0.6) is 5.75 Å². The van der Waals surface area contributed by atoms with Crippen LogP contribution in [-0.2, 0) is 22.7 Å². The second-order valence-corrected chi connectivity index (χ2v) is 6.03. The third-order valence-corrected chi connectivity index (χ3v) is 4.27. The lowest BCUT2D eigenvalue weighted by Gasteiger charge is -2.25. The smallest absolute Gasteiger partial charge is 0.222 e. The van der Waals surface area contributed by atoms with Gasteiger partial charge in [0.1, 0.15) is 5.75 Å². The molecule has 1 fully saturated rings. The van der Waals surface area contributed by atoms with E-state index in [0.717, 1.165) is 36.3 Å². The lowest BCUT2D eigenvalue weighted by atomic mass is 10.0. The number of carbonyl (C=O) groups excluding carboxylic acids is 1. The van der Waals surface area contributed by atoms with Crippen molar-refractivity contribution in [2.75, 3.05) is 19.1 Å². The predicted molar refractivity (Wildman–Crippen MR) is 79.6 cm³/mol. The SMILES string of the molecule is CC1CCC(=O)N(Cc2cc(N)cc3c2OCOC3)CC1. The number of rotatable bonds is 2. The maximum Gasteiger partial charge on any atom is 0.222 e. The van der Waals surface area contributed by atoms with Crippen molar-refractivity contribution in [3.63, 3.8) is 0 Å². The first-order valence-electron chi connectivity index (χ1n) is 7.53. The molecule has 0 aliphatic carbocycles. The number of ether oxygens (including phenoxy) is 2. The molecule has 1 saturated heterocycles. The largest absolute Gasteiger partial charge is 0.467 e. The molecule has 2 aliphatic rings. The number of nitrogen functional groups attached to an aromatic ring is 1. The zero-order chi connectivity index (χ0) is 14.8. The number of nitrogens with zero attached hydrogens (tertiary/aromatic N) is 1. The van der Waals surface area contributed by atoms with Crippen LogP contribution >= 0.6 is 0 Å². The summed E-state index contributed by atoms with van der Waals surface area (Å²) >= 11 is 0. The van der Waals surface area contributed by atoms with Gasteiger partial charge in [0, 0.05) is 36.3 Å². The average molecular weight is 290 g/mol. The van der Waals surface area contributed by atoms with E-state index in [1.807, 2.05) is 17.0 Å². The van der Waals surface area contributed by atoms with E-state index in [9.17, 15) is 4.79 Å². The molecule has 3 rings (SSSR count). The van der Waals surface area contributed by atoms with Crippen LogP contribution in [0.2, 0.25) is 0 Å². The fourth-order valence-corrected chi connectivity index (χ4v) is 2.99. The Morgan fingerprint density at radius 2 is 2.24 bits per heavy atom. The molecule has 1 aromatic rings. The highest BCUT2D eigenvalue weighted by molar-refractivity contribution is 5.76. The highest BCUT2D eigenvalue weighted by atomic mass is 16.7. The van der Waals surface area contributed by atoms with Gasteiger partial charge in [-0.15, -0.1) is 0 Å². The number of carbonyl (C=O) groups is 1. The van der Waals surface area contributed by atoms with Crippen LogP contribution in [0.25, 0.3) is 0 Å². The second kappa shape index (κ2) is 5.93. The Morgan fingerprint density at radius 1 is 1.38 bits per heavy atom. The van der Waals surface area contributed by atoms with Crippen LogP contribution in [0.15, 0.2) is 12.1 Å². The van der Waals surface area contributed by atoms with Gasteiger partial charge in [-0.1, -0.05) is 6.92 Å². The first-order chi connectivity index (χ1) is 10.1. The van der Waals surface area contributed by atoms with Gasteiger partial charge in [0.2, 0.25) is 5.91 Å². The van der Waals surface area contributed by atoms with E-state index in [1.54, 1.807) is 0 Å².